The van der Waals surface area contributed by atoms with Crippen molar-refractivity contribution in [1.29, 1.82) is 0 Å². The fraction of sp³-hybridized carbons (Fsp3) is 1.00. The van der Waals surface area contributed by atoms with Crippen molar-refractivity contribution in [3.05, 3.63) is 0 Å². The summed E-state index contributed by atoms with van der Waals surface area (Å²) in [6, 6.07) is 0. The molecule has 1 nitrogen and oxygen atoms in total. The second-order valence-corrected chi connectivity index (χ2v) is 8.16. The van der Waals surface area contributed by atoms with Gasteiger partial charge in [0.2, 0.25) is 0 Å². The molecule has 0 unspecified atom stereocenters. The molecule has 3 saturated carbocycles. The van der Waals surface area contributed by atoms with Crippen molar-refractivity contribution in [2.45, 2.75) is 46.5 Å². The second-order valence-electron chi connectivity index (χ2n) is 7.79. The molecule has 0 aromatic heterocycles. The SMILES string of the molecule is C[C@H]1CC[C@@H]2[C@@H](C[NH2+]CS)CC[C@H]3[C@@H]([C@H]21)C3(C)C. The summed E-state index contributed by atoms with van der Waals surface area (Å²) in [6.45, 7) is 8.92. The number of nitrogens with two attached hydrogens (primary N) is 1. The molecule has 3 fully saturated rings. The number of fused-ring (bicyclic) bond motifs is 3. The molecule has 0 aromatic carbocycles. The Bertz CT molecular complexity index is 314. The Labute approximate surface area is 118 Å². The maximum Gasteiger partial charge on any atom is 0.119 e. The highest BCUT2D eigenvalue weighted by molar-refractivity contribution is 7.79. The lowest BCUT2D eigenvalue weighted by Crippen LogP contribution is -2.84. The summed E-state index contributed by atoms with van der Waals surface area (Å²) in [5.41, 5.74) is 0.666. The molecule has 0 aromatic rings. The fourth-order valence-electron chi connectivity index (χ4n) is 5.72. The minimum atomic E-state index is 0.666. The minimum absolute atomic E-state index is 0.666. The van der Waals surface area contributed by atoms with Crippen LogP contribution in [0.25, 0.3) is 0 Å². The average molecular weight is 268 g/mol. The van der Waals surface area contributed by atoms with Crippen LogP contribution in [0.3, 0.4) is 0 Å². The quantitative estimate of drug-likeness (QED) is 0.579. The molecule has 0 radical (unpaired) electrons. The van der Waals surface area contributed by atoms with Gasteiger partial charge >= 0.3 is 0 Å². The van der Waals surface area contributed by atoms with Gasteiger partial charge in [-0.3, -0.25) is 0 Å². The molecule has 2 heteroatoms. The number of thiol groups is 1. The van der Waals surface area contributed by atoms with E-state index in [9.17, 15) is 0 Å². The third kappa shape index (κ3) is 1.95. The van der Waals surface area contributed by atoms with Gasteiger partial charge in [0, 0.05) is 5.92 Å². The van der Waals surface area contributed by atoms with Crippen LogP contribution in [0, 0.1) is 40.9 Å². The minimum Gasteiger partial charge on any atom is -0.338 e. The van der Waals surface area contributed by atoms with Crippen LogP contribution in [0.5, 0.6) is 0 Å². The van der Waals surface area contributed by atoms with Gasteiger partial charge in [-0.25, -0.2) is 0 Å². The summed E-state index contributed by atoms with van der Waals surface area (Å²) in [5.74, 6) is 7.12. The van der Waals surface area contributed by atoms with Gasteiger partial charge in [-0.15, -0.1) is 12.6 Å². The Hall–Kier alpha value is 0.310. The molecule has 104 valence electrons. The van der Waals surface area contributed by atoms with E-state index in [4.69, 9.17) is 0 Å². The zero-order valence-electron chi connectivity index (χ0n) is 12.2. The first-order valence-corrected chi connectivity index (χ1v) is 8.63. The molecule has 2 N–H and O–H groups in total. The van der Waals surface area contributed by atoms with E-state index in [0.717, 1.165) is 41.4 Å². The molecule has 0 bridgehead atoms. The lowest BCUT2D eigenvalue weighted by Gasteiger charge is -2.29. The molecule has 0 heterocycles. The summed E-state index contributed by atoms with van der Waals surface area (Å²) in [5, 5.41) is 2.41. The molecule has 6 atom stereocenters. The van der Waals surface area contributed by atoms with Crippen molar-refractivity contribution in [3.8, 4) is 0 Å². The highest BCUT2D eigenvalue weighted by Gasteiger charge is 2.65. The Kier molecular flexibility index (Phi) is 3.47. The van der Waals surface area contributed by atoms with Crippen LogP contribution in [-0.2, 0) is 0 Å². The van der Waals surface area contributed by atoms with Crippen molar-refractivity contribution < 1.29 is 5.32 Å². The Morgan fingerprint density at radius 2 is 1.94 bits per heavy atom. The van der Waals surface area contributed by atoms with E-state index in [1.165, 1.54) is 32.2 Å². The van der Waals surface area contributed by atoms with Crippen molar-refractivity contribution in [1.82, 2.24) is 0 Å². The van der Waals surface area contributed by atoms with E-state index >= 15 is 0 Å². The Morgan fingerprint density at radius 1 is 1.17 bits per heavy atom. The van der Waals surface area contributed by atoms with Crippen LogP contribution in [0.2, 0.25) is 0 Å². The lowest BCUT2D eigenvalue weighted by molar-refractivity contribution is -0.643. The predicted molar refractivity (Wildman–Crippen MR) is 79.5 cm³/mol. The molecule has 0 saturated heterocycles. The highest BCUT2D eigenvalue weighted by Crippen LogP contribution is 2.70. The number of hydrogen-bond acceptors (Lipinski definition) is 1. The molecule has 0 amide bonds. The zero-order chi connectivity index (χ0) is 12.9. The van der Waals surface area contributed by atoms with Crippen LogP contribution in [0.1, 0.15) is 46.5 Å². The van der Waals surface area contributed by atoms with Crippen LogP contribution in [0.15, 0.2) is 0 Å². The largest absolute Gasteiger partial charge is 0.338 e. The van der Waals surface area contributed by atoms with E-state index in [1.54, 1.807) is 0 Å². The van der Waals surface area contributed by atoms with Gasteiger partial charge in [-0.2, -0.15) is 0 Å². The van der Waals surface area contributed by atoms with Crippen molar-refractivity contribution in [2.75, 3.05) is 12.4 Å². The Balaban J connectivity index is 1.77. The molecule has 0 aliphatic heterocycles. The number of quaternary nitrogens is 1. The molecule has 3 rings (SSSR count). The van der Waals surface area contributed by atoms with Crippen molar-refractivity contribution >= 4 is 12.6 Å². The van der Waals surface area contributed by atoms with E-state index in [2.05, 4.69) is 38.7 Å². The average Bonchev–Trinajstić information content (AvgIpc) is 2.74. The second kappa shape index (κ2) is 4.70. The predicted octanol–water partition coefficient (Wildman–Crippen LogP) is 2.78. The van der Waals surface area contributed by atoms with Gasteiger partial charge < -0.3 is 5.32 Å². The van der Waals surface area contributed by atoms with E-state index < -0.39 is 0 Å². The van der Waals surface area contributed by atoms with Gasteiger partial charge in [-0.05, 0) is 54.3 Å². The first-order chi connectivity index (χ1) is 8.57. The molecule has 3 aliphatic rings. The third-order valence-corrected chi connectivity index (χ3v) is 6.97. The molecule has 3 aliphatic carbocycles. The van der Waals surface area contributed by atoms with Crippen LogP contribution < -0.4 is 5.32 Å². The monoisotopic (exact) mass is 268 g/mol. The highest BCUT2D eigenvalue weighted by atomic mass is 32.1. The summed E-state index contributed by atoms with van der Waals surface area (Å²) in [7, 11) is 0. The third-order valence-electron chi connectivity index (χ3n) is 6.71. The Morgan fingerprint density at radius 3 is 2.67 bits per heavy atom. The molecule has 18 heavy (non-hydrogen) atoms. The van der Waals surface area contributed by atoms with Gasteiger partial charge in [-0.1, -0.05) is 27.2 Å². The van der Waals surface area contributed by atoms with Crippen molar-refractivity contribution in [3.63, 3.8) is 0 Å². The zero-order valence-corrected chi connectivity index (χ0v) is 13.1. The van der Waals surface area contributed by atoms with E-state index in [0.29, 0.717) is 5.41 Å². The molecular weight excluding hydrogens is 238 g/mol. The summed E-state index contributed by atoms with van der Waals surface area (Å²) in [6.07, 6.45) is 5.99. The van der Waals surface area contributed by atoms with E-state index in [1.807, 2.05) is 0 Å². The summed E-state index contributed by atoms with van der Waals surface area (Å²) in [4.78, 5) is 0. The maximum absolute atomic E-state index is 4.36. The van der Waals surface area contributed by atoms with Gasteiger partial charge in [0.05, 0.1) is 6.54 Å². The molecule has 0 spiro atoms. The number of hydrogen-bond donors (Lipinski definition) is 2. The van der Waals surface area contributed by atoms with Crippen LogP contribution >= 0.6 is 12.6 Å². The van der Waals surface area contributed by atoms with E-state index in [-0.39, 0.29) is 0 Å². The van der Waals surface area contributed by atoms with Gasteiger partial charge in [0.1, 0.15) is 5.88 Å². The van der Waals surface area contributed by atoms with Crippen molar-refractivity contribution in [2.24, 2.45) is 40.9 Å². The fourth-order valence-corrected chi connectivity index (χ4v) is 5.87. The van der Waals surface area contributed by atoms with Gasteiger partial charge in [0.15, 0.2) is 0 Å². The topological polar surface area (TPSA) is 16.6 Å². The summed E-state index contributed by atoms with van der Waals surface area (Å²) >= 11 is 4.36. The lowest BCUT2D eigenvalue weighted by atomic mass is 9.76. The molecular formula is C16H30NS+. The van der Waals surface area contributed by atoms with Crippen LogP contribution in [0.4, 0.5) is 0 Å². The first kappa shape index (κ1) is 13.3. The first-order valence-electron chi connectivity index (χ1n) is 8.00. The summed E-state index contributed by atoms with van der Waals surface area (Å²) < 4.78 is 0. The standard InChI is InChI=1S/C16H29NS/c1-10-4-6-12-11(8-17-9-18)5-7-13-15(14(10)12)16(13,2)3/h10-15,17-18H,4-9H2,1-3H3/p+1/t10-,11+,12+,13-,14-,15-/m0/s1. The maximum atomic E-state index is 4.36. The normalized spacial score (nSPS) is 49.3. The smallest absolute Gasteiger partial charge is 0.119 e. The number of rotatable bonds is 3. The van der Waals surface area contributed by atoms with Crippen LogP contribution in [-0.4, -0.2) is 12.4 Å². The van der Waals surface area contributed by atoms with Gasteiger partial charge in [0.25, 0.3) is 0 Å².